The normalized spacial score (nSPS) is 13.3. The van der Waals surface area contributed by atoms with Gasteiger partial charge in [0.2, 0.25) is 0 Å². The molecule has 0 atom stereocenters. The Morgan fingerprint density at radius 1 is 1.22 bits per heavy atom. The van der Waals surface area contributed by atoms with Gasteiger partial charge in [-0.05, 0) is 43.2 Å². The van der Waals surface area contributed by atoms with E-state index in [9.17, 15) is 4.79 Å². The number of fused-ring (bicyclic) bond motifs is 1. The van der Waals surface area contributed by atoms with Gasteiger partial charge in [0.1, 0.15) is 0 Å². The zero-order valence-corrected chi connectivity index (χ0v) is 16.1. The number of anilines is 1. The number of nitrogens with one attached hydrogen (secondary N) is 2. The van der Waals surface area contributed by atoms with Crippen LogP contribution in [0.4, 0.5) is 5.69 Å². The Hall–Kier alpha value is -2.73. The first kappa shape index (κ1) is 19.0. The zero-order chi connectivity index (χ0) is 19.2. The first-order valence-corrected chi connectivity index (χ1v) is 9.13. The van der Waals surface area contributed by atoms with Crippen LogP contribution in [0, 0.1) is 13.8 Å². The highest BCUT2D eigenvalue weighted by molar-refractivity contribution is 6.32. The average Bonchev–Trinajstić information content (AvgIpc) is 2.87. The third-order valence-corrected chi connectivity index (χ3v) is 4.33. The molecule has 27 heavy (non-hydrogen) atoms. The van der Waals surface area contributed by atoms with E-state index in [0.717, 1.165) is 17.7 Å². The third-order valence-electron chi connectivity index (χ3n) is 4.05. The standard InChI is InChI=1S/C20H22ClN3O3/c1-13-4-5-17(14(2)8-13)22-12-19(25)24-23-11-15-9-16(21)20-18(10-15)26-6-3-7-27-20/h4-5,8-11,22H,3,6-7,12H2,1-2H3,(H,24,25)/b23-11-. The van der Waals surface area contributed by atoms with Gasteiger partial charge in [-0.25, -0.2) is 5.43 Å². The van der Waals surface area contributed by atoms with Crippen LogP contribution in [-0.2, 0) is 4.79 Å². The minimum Gasteiger partial charge on any atom is -0.489 e. The van der Waals surface area contributed by atoms with Crippen LogP contribution in [0.5, 0.6) is 11.5 Å². The monoisotopic (exact) mass is 387 g/mol. The predicted molar refractivity (Wildman–Crippen MR) is 107 cm³/mol. The minimum atomic E-state index is -0.244. The molecular formula is C20H22ClN3O3. The van der Waals surface area contributed by atoms with Crippen LogP contribution in [0.25, 0.3) is 0 Å². The molecule has 2 aromatic rings. The first-order chi connectivity index (χ1) is 13.0. The maximum Gasteiger partial charge on any atom is 0.259 e. The molecule has 1 aliphatic heterocycles. The summed E-state index contributed by atoms with van der Waals surface area (Å²) in [6.07, 6.45) is 2.33. The van der Waals surface area contributed by atoms with Gasteiger partial charge >= 0.3 is 0 Å². The molecule has 0 bridgehead atoms. The maximum atomic E-state index is 12.0. The molecule has 2 aromatic carbocycles. The highest BCUT2D eigenvalue weighted by atomic mass is 35.5. The lowest BCUT2D eigenvalue weighted by molar-refractivity contribution is -0.119. The van der Waals surface area contributed by atoms with E-state index in [0.29, 0.717) is 35.3 Å². The number of hydrogen-bond donors (Lipinski definition) is 2. The molecule has 0 aromatic heterocycles. The number of carbonyl (C=O) groups excluding carboxylic acids is 1. The summed E-state index contributed by atoms with van der Waals surface area (Å²) in [5.41, 5.74) is 6.41. The van der Waals surface area contributed by atoms with Crippen molar-refractivity contribution in [2.24, 2.45) is 5.10 Å². The van der Waals surface area contributed by atoms with Crippen molar-refractivity contribution < 1.29 is 14.3 Å². The van der Waals surface area contributed by atoms with E-state index in [1.807, 2.05) is 26.0 Å². The number of halogens is 1. The molecule has 1 amide bonds. The number of aryl methyl sites for hydroxylation is 2. The molecule has 7 heteroatoms. The van der Waals surface area contributed by atoms with Gasteiger partial charge in [0, 0.05) is 12.1 Å². The van der Waals surface area contributed by atoms with Crippen LogP contribution in [0.15, 0.2) is 35.4 Å². The largest absolute Gasteiger partial charge is 0.489 e. The quantitative estimate of drug-likeness (QED) is 0.606. The Labute approximate surface area is 163 Å². The van der Waals surface area contributed by atoms with Crippen LogP contribution in [0.3, 0.4) is 0 Å². The van der Waals surface area contributed by atoms with Gasteiger partial charge in [-0.15, -0.1) is 0 Å². The van der Waals surface area contributed by atoms with Crippen molar-refractivity contribution in [2.75, 3.05) is 25.1 Å². The molecule has 0 saturated carbocycles. The number of rotatable bonds is 5. The van der Waals surface area contributed by atoms with Crippen LogP contribution in [-0.4, -0.2) is 31.9 Å². The fourth-order valence-electron chi connectivity index (χ4n) is 2.73. The number of hydrogen-bond acceptors (Lipinski definition) is 5. The van der Waals surface area contributed by atoms with Crippen LogP contribution in [0.2, 0.25) is 5.02 Å². The Morgan fingerprint density at radius 2 is 2.04 bits per heavy atom. The first-order valence-electron chi connectivity index (χ1n) is 8.75. The van der Waals surface area contributed by atoms with Gasteiger partial charge in [-0.2, -0.15) is 5.10 Å². The summed E-state index contributed by atoms with van der Waals surface area (Å²) in [4.78, 5) is 12.0. The number of benzene rings is 2. The Balaban J connectivity index is 1.56. The molecule has 1 heterocycles. The molecule has 0 unspecified atom stereocenters. The Bertz CT molecular complexity index is 868. The van der Waals surface area contributed by atoms with Crippen molar-refractivity contribution in [3.63, 3.8) is 0 Å². The van der Waals surface area contributed by atoms with E-state index in [-0.39, 0.29) is 12.5 Å². The second-order valence-corrected chi connectivity index (χ2v) is 6.75. The topological polar surface area (TPSA) is 72.0 Å². The van der Waals surface area contributed by atoms with Crippen LogP contribution < -0.4 is 20.2 Å². The molecule has 3 rings (SSSR count). The lowest BCUT2D eigenvalue weighted by atomic mass is 10.1. The third kappa shape index (κ3) is 5.14. The lowest BCUT2D eigenvalue weighted by Crippen LogP contribution is -2.26. The molecule has 0 fully saturated rings. The summed E-state index contributed by atoms with van der Waals surface area (Å²) in [6.45, 7) is 5.31. The Morgan fingerprint density at radius 3 is 2.85 bits per heavy atom. The average molecular weight is 388 g/mol. The number of amides is 1. The molecule has 0 aliphatic carbocycles. The number of nitrogens with zero attached hydrogens (tertiary/aromatic N) is 1. The number of ether oxygens (including phenoxy) is 2. The summed E-state index contributed by atoms with van der Waals surface area (Å²) in [6, 6.07) is 9.53. The van der Waals surface area contributed by atoms with E-state index in [2.05, 4.69) is 21.9 Å². The van der Waals surface area contributed by atoms with E-state index in [1.165, 1.54) is 11.8 Å². The summed E-state index contributed by atoms with van der Waals surface area (Å²) in [5, 5.41) is 7.54. The van der Waals surface area contributed by atoms with E-state index in [4.69, 9.17) is 21.1 Å². The highest BCUT2D eigenvalue weighted by Gasteiger charge is 2.15. The van der Waals surface area contributed by atoms with E-state index >= 15 is 0 Å². The van der Waals surface area contributed by atoms with Gasteiger partial charge < -0.3 is 14.8 Å². The molecule has 6 nitrogen and oxygen atoms in total. The van der Waals surface area contributed by atoms with Crippen molar-refractivity contribution in [3.05, 3.63) is 52.0 Å². The maximum absolute atomic E-state index is 12.0. The van der Waals surface area contributed by atoms with Gasteiger partial charge in [0.05, 0.1) is 31.0 Å². The summed E-state index contributed by atoms with van der Waals surface area (Å²) in [7, 11) is 0. The lowest BCUT2D eigenvalue weighted by Gasteiger charge is -2.10. The van der Waals surface area contributed by atoms with Crippen molar-refractivity contribution in [1.29, 1.82) is 0 Å². The smallest absolute Gasteiger partial charge is 0.259 e. The number of hydrazone groups is 1. The summed E-state index contributed by atoms with van der Waals surface area (Å²) < 4.78 is 11.2. The Kier molecular flexibility index (Phi) is 6.19. The minimum absolute atomic E-state index is 0.128. The SMILES string of the molecule is Cc1ccc(NCC(=O)N/N=C\c2cc(Cl)c3c(c2)OCCCO3)c(C)c1. The molecule has 0 radical (unpaired) electrons. The van der Waals surface area contributed by atoms with Crippen molar-refractivity contribution in [2.45, 2.75) is 20.3 Å². The summed E-state index contributed by atoms with van der Waals surface area (Å²) in [5.74, 6) is 0.893. The molecule has 2 N–H and O–H groups in total. The number of carbonyl (C=O) groups is 1. The second-order valence-electron chi connectivity index (χ2n) is 6.35. The van der Waals surface area contributed by atoms with E-state index < -0.39 is 0 Å². The second kappa shape index (κ2) is 8.77. The fraction of sp³-hybridized carbons (Fsp3) is 0.300. The molecule has 142 valence electrons. The molecule has 1 aliphatic rings. The van der Waals surface area contributed by atoms with Crippen molar-refractivity contribution in [3.8, 4) is 11.5 Å². The fourth-order valence-corrected chi connectivity index (χ4v) is 3.00. The van der Waals surface area contributed by atoms with Crippen LogP contribution >= 0.6 is 11.6 Å². The van der Waals surface area contributed by atoms with Gasteiger partial charge in [0.25, 0.3) is 5.91 Å². The van der Waals surface area contributed by atoms with Crippen molar-refractivity contribution >= 4 is 29.4 Å². The van der Waals surface area contributed by atoms with Gasteiger partial charge in [-0.3, -0.25) is 4.79 Å². The highest BCUT2D eigenvalue weighted by Crippen LogP contribution is 2.37. The molecular weight excluding hydrogens is 366 g/mol. The summed E-state index contributed by atoms with van der Waals surface area (Å²) >= 11 is 6.24. The zero-order valence-electron chi connectivity index (χ0n) is 15.3. The van der Waals surface area contributed by atoms with Crippen molar-refractivity contribution in [1.82, 2.24) is 5.43 Å². The predicted octanol–water partition coefficient (Wildman–Crippen LogP) is 3.68. The van der Waals surface area contributed by atoms with Gasteiger partial charge in [-0.1, -0.05) is 29.3 Å². The van der Waals surface area contributed by atoms with E-state index in [1.54, 1.807) is 12.1 Å². The molecule has 0 saturated heterocycles. The van der Waals surface area contributed by atoms with Crippen LogP contribution in [0.1, 0.15) is 23.1 Å². The van der Waals surface area contributed by atoms with Gasteiger partial charge in [0.15, 0.2) is 11.5 Å². The molecule has 0 spiro atoms.